The number of pyridine rings is 1. The standard InChI is InChI=1S/C17H22BrN3O2/c1-17(2,3)23-16(22)20-9-6-7-12(11-20)15-19-14(18)13-8-4-5-10-21(13)15/h4-5,8,10,12H,6-7,9,11H2,1-3H3. The molecule has 1 amide bonds. The number of likely N-dealkylation sites (tertiary alicyclic amines) is 1. The molecule has 6 heteroatoms. The van der Waals surface area contributed by atoms with Gasteiger partial charge in [0.1, 0.15) is 16.0 Å². The number of ether oxygens (including phenoxy) is 1. The molecule has 1 aliphatic heterocycles. The number of carbonyl (C=O) groups is 1. The molecule has 1 fully saturated rings. The molecule has 3 rings (SSSR count). The fourth-order valence-corrected chi connectivity index (χ4v) is 3.50. The molecule has 2 aromatic heterocycles. The Balaban J connectivity index is 1.82. The molecule has 3 heterocycles. The number of hydrogen-bond donors (Lipinski definition) is 0. The summed E-state index contributed by atoms with van der Waals surface area (Å²) >= 11 is 3.53. The van der Waals surface area contributed by atoms with Crippen molar-refractivity contribution in [1.29, 1.82) is 0 Å². The molecular formula is C17H22BrN3O2. The lowest BCUT2D eigenvalue weighted by molar-refractivity contribution is 0.0196. The number of hydrogen-bond acceptors (Lipinski definition) is 3. The monoisotopic (exact) mass is 379 g/mol. The summed E-state index contributed by atoms with van der Waals surface area (Å²) in [5.74, 6) is 1.22. The van der Waals surface area contributed by atoms with E-state index in [1.165, 1.54) is 0 Å². The van der Waals surface area contributed by atoms with Crippen LogP contribution in [0, 0.1) is 0 Å². The number of halogens is 1. The molecule has 1 unspecified atom stereocenters. The first-order valence-electron chi connectivity index (χ1n) is 7.95. The van der Waals surface area contributed by atoms with Crippen molar-refractivity contribution in [3.63, 3.8) is 0 Å². The van der Waals surface area contributed by atoms with Gasteiger partial charge in [-0.05, 0) is 61.7 Å². The number of rotatable bonds is 1. The van der Waals surface area contributed by atoms with E-state index in [2.05, 4.69) is 25.3 Å². The lowest BCUT2D eigenvalue weighted by Gasteiger charge is -2.33. The van der Waals surface area contributed by atoms with Crippen molar-refractivity contribution in [3.8, 4) is 0 Å². The number of piperidine rings is 1. The molecule has 0 spiro atoms. The molecular weight excluding hydrogens is 358 g/mol. The summed E-state index contributed by atoms with van der Waals surface area (Å²) < 4.78 is 8.46. The first kappa shape index (κ1) is 16.3. The third kappa shape index (κ3) is 3.52. The normalized spacial score (nSPS) is 19.1. The Kier molecular flexibility index (Phi) is 4.36. The highest BCUT2D eigenvalue weighted by Crippen LogP contribution is 2.30. The van der Waals surface area contributed by atoms with E-state index in [0.717, 1.165) is 35.3 Å². The lowest BCUT2D eigenvalue weighted by atomic mass is 9.97. The number of nitrogens with zero attached hydrogens (tertiary/aromatic N) is 3. The van der Waals surface area contributed by atoms with Crippen molar-refractivity contribution in [2.75, 3.05) is 13.1 Å². The van der Waals surface area contributed by atoms with Gasteiger partial charge in [0.25, 0.3) is 0 Å². The molecule has 5 nitrogen and oxygen atoms in total. The quantitative estimate of drug-likeness (QED) is 0.745. The van der Waals surface area contributed by atoms with E-state index in [4.69, 9.17) is 4.74 Å². The maximum atomic E-state index is 12.3. The molecule has 0 aliphatic carbocycles. The predicted molar refractivity (Wildman–Crippen MR) is 92.7 cm³/mol. The Bertz CT molecular complexity index is 720. The summed E-state index contributed by atoms with van der Waals surface area (Å²) in [6.07, 6.45) is 3.78. The van der Waals surface area contributed by atoms with Gasteiger partial charge < -0.3 is 14.0 Å². The van der Waals surface area contributed by atoms with Gasteiger partial charge in [-0.2, -0.15) is 0 Å². The topological polar surface area (TPSA) is 46.8 Å². The van der Waals surface area contributed by atoms with Crippen LogP contribution in [0.5, 0.6) is 0 Å². The van der Waals surface area contributed by atoms with Crippen LogP contribution >= 0.6 is 15.9 Å². The van der Waals surface area contributed by atoms with Gasteiger partial charge in [0.05, 0.1) is 5.52 Å². The van der Waals surface area contributed by atoms with Crippen molar-refractivity contribution in [2.24, 2.45) is 0 Å². The van der Waals surface area contributed by atoms with Crippen LogP contribution < -0.4 is 0 Å². The van der Waals surface area contributed by atoms with E-state index >= 15 is 0 Å². The molecule has 0 saturated carbocycles. The molecule has 0 radical (unpaired) electrons. The first-order chi connectivity index (χ1) is 10.8. The van der Waals surface area contributed by atoms with Gasteiger partial charge in [0.2, 0.25) is 0 Å². The summed E-state index contributed by atoms with van der Waals surface area (Å²) in [7, 11) is 0. The Labute approximate surface area is 144 Å². The first-order valence-corrected chi connectivity index (χ1v) is 8.75. The molecule has 0 N–H and O–H groups in total. The van der Waals surface area contributed by atoms with E-state index in [9.17, 15) is 4.79 Å². The molecule has 124 valence electrons. The zero-order valence-electron chi connectivity index (χ0n) is 13.8. The third-order valence-electron chi connectivity index (χ3n) is 3.97. The number of amides is 1. The van der Waals surface area contributed by atoms with Gasteiger partial charge in [-0.15, -0.1) is 0 Å². The highest BCUT2D eigenvalue weighted by atomic mass is 79.9. The van der Waals surface area contributed by atoms with E-state index in [0.29, 0.717) is 6.54 Å². The average Bonchev–Trinajstić information content (AvgIpc) is 2.83. The molecule has 1 saturated heterocycles. The van der Waals surface area contributed by atoms with Crippen molar-refractivity contribution < 1.29 is 9.53 Å². The molecule has 1 aliphatic rings. The minimum Gasteiger partial charge on any atom is -0.444 e. The fraction of sp³-hybridized carbons (Fsp3) is 0.529. The van der Waals surface area contributed by atoms with Crippen LogP contribution in [0.2, 0.25) is 0 Å². The smallest absolute Gasteiger partial charge is 0.410 e. The van der Waals surface area contributed by atoms with Crippen LogP contribution in [0.1, 0.15) is 45.4 Å². The molecule has 1 atom stereocenters. The maximum Gasteiger partial charge on any atom is 0.410 e. The van der Waals surface area contributed by atoms with Crippen LogP contribution in [0.3, 0.4) is 0 Å². The van der Waals surface area contributed by atoms with Crippen molar-refractivity contribution in [2.45, 2.75) is 45.1 Å². The van der Waals surface area contributed by atoms with E-state index in [1.54, 1.807) is 4.90 Å². The second kappa shape index (κ2) is 6.15. The highest BCUT2D eigenvalue weighted by molar-refractivity contribution is 9.10. The highest BCUT2D eigenvalue weighted by Gasteiger charge is 2.30. The predicted octanol–water partition coefficient (Wildman–Crippen LogP) is 4.21. The van der Waals surface area contributed by atoms with Crippen molar-refractivity contribution in [3.05, 3.63) is 34.8 Å². The summed E-state index contributed by atoms with van der Waals surface area (Å²) in [5, 5.41) is 0. The second-order valence-electron chi connectivity index (χ2n) is 6.98. The summed E-state index contributed by atoms with van der Waals surface area (Å²) in [6, 6.07) is 6.04. The van der Waals surface area contributed by atoms with E-state index in [-0.39, 0.29) is 12.0 Å². The van der Waals surface area contributed by atoms with Gasteiger partial charge in [-0.25, -0.2) is 9.78 Å². The number of imidazole rings is 1. The zero-order valence-corrected chi connectivity index (χ0v) is 15.3. The molecule has 23 heavy (non-hydrogen) atoms. The zero-order chi connectivity index (χ0) is 16.6. The van der Waals surface area contributed by atoms with Gasteiger partial charge in [0.15, 0.2) is 0 Å². The summed E-state index contributed by atoms with van der Waals surface area (Å²) in [4.78, 5) is 18.8. The van der Waals surface area contributed by atoms with Crippen LogP contribution in [0.15, 0.2) is 29.0 Å². The van der Waals surface area contributed by atoms with E-state index < -0.39 is 5.60 Å². The van der Waals surface area contributed by atoms with Gasteiger partial charge >= 0.3 is 6.09 Å². The van der Waals surface area contributed by atoms with Crippen LogP contribution in [-0.2, 0) is 4.74 Å². The Morgan fingerprint density at radius 2 is 2.17 bits per heavy atom. The van der Waals surface area contributed by atoms with Gasteiger partial charge in [-0.3, -0.25) is 0 Å². The summed E-state index contributed by atoms with van der Waals surface area (Å²) in [6.45, 7) is 7.08. The van der Waals surface area contributed by atoms with Crippen LogP contribution in [-0.4, -0.2) is 39.1 Å². The fourth-order valence-electron chi connectivity index (χ4n) is 2.99. The van der Waals surface area contributed by atoms with Gasteiger partial charge in [-0.1, -0.05) is 6.07 Å². The Hall–Kier alpha value is -1.56. The second-order valence-corrected chi connectivity index (χ2v) is 7.73. The third-order valence-corrected chi connectivity index (χ3v) is 4.55. The van der Waals surface area contributed by atoms with E-state index in [1.807, 2.05) is 45.2 Å². The average molecular weight is 380 g/mol. The van der Waals surface area contributed by atoms with Crippen LogP contribution in [0.4, 0.5) is 4.79 Å². The lowest BCUT2D eigenvalue weighted by Crippen LogP contribution is -2.42. The van der Waals surface area contributed by atoms with Crippen molar-refractivity contribution >= 4 is 27.5 Å². The molecule has 0 aromatic carbocycles. The maximum absolute atomic E-state index is 12.3. The minimum atomic E-state index is -0.465. The number of aromatic nitrogens is 2. The largest absolute Gasteiger partial charge is 0.444 e. The number of fused-ring (bicyclic) bond motifs is 1. The molecule has 2 aromatic rings. The SMILES string of the molecule is CC(C)(C)OC(=O)N1CCCC(c2nc(Br)c3ccccn23)C1. The molecule has 0 bridgehead atoms. The Morgan fingerprint density at radius 3 is 2.91 bits per heavy atom. The minimum absolute atomic E-state index is 0.220. The summed E-state index contributed by atoms with van der Waals surface area (Å²) in [5.41, 5.74) is 0.587. The van der Waals surface area contributed by atoms with Crippen LogP contribution in [0.25, 0.3) is 5.52 Å². The van der Waals surface area contributed by atoms with Crippen molar-refractivity contribution in [1.82, 2.24) is 14.3 Å². The number of carbonyl (C=O) groups excluding carboxylic acids is 1. The Morgan fingerprint density at radius 1 is 1.39 bits per heavy atom. The van der Waals surface area contributed by atoms with Gasteiger partial charge in [0, 0.05) is 25.2 Å².